The maximum Gasteiger partial charge on any atom is 0.0612 e. The molecule has 33 heavy (non-hydrogen) atoms. The van der Waals surface area contributed by atoms with E-state index in [1.54, 1.807) is 6.08 Å². The Hall–Kier alpha value is -2.12. The van der Waals surface area contributed by atoms with Crippen LogP contribution >= 0.6 is 0 Å². The molecule has 0 heterocycles. The fourth-order valence-corrected chi connectivity index (χ4v) is 3.12. The Kier molecular flexibility index (Phi) is 28.0. The molecular weight excluding hydrogens is 400 g/mol. The van der Waals surface area contributed by atoms with Crippen LogP contribution in [0.3, 0.4) is 0 Å². The lowest BCUT2D eigenvalue weighted by Crippen LogP contribution is -1.72. The molecule has 1 N–H and O–H groups in total. The lowest BCUT2D eigenvalue weighted by atomic mass is 10.2. The first-order valence-electron chi connectivity index (χ1n) is 13.2. The Morgan fingerprint density at radius 1 is 0.303 bits per heavy atom. The van der Waals surface area contributed by atoms with Gasteiger partial charge in [-0.2, -0.15) is 0 Å². The predicted molar refractivity (Wildman–Crippen MR) is 151 cm³/mol. The normalized spacial score (nSPS) is 13.4. The number of rotatable bonds is 22. The van der Waals surface area contributed by atoms with Crippen molar-refractivity contribution in [2.45, 2.75) is 96.8 Å². The first-order valence-corrected chi connectivity index (χ1v) is 13.2. The minimum atomic E-state index is 0.149. The smallest absolute Gasteiger partial charge is 0.0612 e. The molecule has 0 radical (unpaired) electrons. The summed E-state index contributed by atoms with van der Waals surface area (Å²) >= 11 is 0. The lowest BCUT2D eigenvalue weighted by Gasteiger charge is -1.91. The second-order valence-electron chi connectivity index (χ2n) is 8.09. The van der Waals surface area contributed by atoms with Crippen LogP contribution in [0.5, 0.6) is 0 Å². The number of aliphatic hydroxyl groups is 1. The highest BCUT2D eigenvalue weighted by Gasteiger charge is 1.83. The maximum atomic E-state index is 8.64. The number of hydrogen-bond acceptors (Lipinski definition) is 1. The highest BCUT2D eigenvalue weighted by molar-refractivity contribution is 4.94. The summed E-state index contributed by atoms with van der Waals surface area (Å²) in [5.74, 6) is 0. The summed E-state index contributed by atoms with van der Waals surface area (Å²) in [4.78, 5) is 0. The summed E-state index contributed by atoms with van der Waals surface area (Å²) in [6.45, 7) is 2.23. The van der Waals surface area contributed by atoms with Gasteiger partial charge in [-0.15, -0.1) is 0 Å². The molecule has 0 amide bonds. The molecule has 0 spiro atoms. The van der Waals surface area contributed by atoms with Crippen molar-refractivity contribution in [2.75, 3.05) is 6.61 Å². The van der Waals surface area contributed by atoms with Gasteiger partial charge in [0.1, 0.15) is 0 Å². The van der Waals surface area contributed by atoms with Crippen molar-refractivity contribution in [3.63, 3.8) is 0 Å². The molecule has 0 aliphatic carbocycles. The number of allylic oxidation sites excluding steroid dienone is 15. The summed E-state index contributed by atoms with van der Waals surface area (Å²) in [6.07, 6.45) is 51.6. The van der Waals surface area contributed by atoms with Crippen molar-refractivity contribution in [3.8, 4) is 0 Å². The Labute approximate surface area is 205 Å². The molecule has 0 aliphatic heterocycles. The Morgan fingerprint density at radius 3 is 0.667 bits per heavy atom. The lowest BCUT2D eigenvalue weighted by molar-refractivity contribution is 0.342. The van der Waals surface area contributed by atoms with E-state index in [1.807, 2.05) is 6.08 Å². The Balaban J connectivity index is 3.42. The summed E-state index contributed by atoms with van der Waals surface area (Å²) in [5, 5.41) is 8.64. The largest absolute Gasteiger partial charge is 0.392 e. The van der Waals surface area contributed by atoms with Gasteiger partial charge < -0.3 is 5.11 Å². The topological polar surface area (TPSA) is 20.2 Å². The van der Waals surface area contributed by atoms with Gasteiger partial charge in [-0.3, -0.25) is 0 Å². The third kappa shape index (κ3) is 29.9. The minimum Gasteiger partial charge on any atom is -0.392 e. The van der Waals surface area contributed by atoms with Gasteiger partial charge in [0.05, 0.1) is 6.61 Å². The molecule has 184 valence electrons. The number of hydrogen-bond donors (Lipinski definition) is 1. The van der Waals surface area contributed by atoms with E-state index in [4.69, 9.17) is 5.11 Å². The third-order valence-corrected chi connectivity index (χ3v) is 5.01. The zero-order valence-electron chi connectivity index (χ0n) is 21.3. The van der Waals surface area contributed by atoms with E-state index in [9.17, 15) is 0 Å². The molecule has 0 aliphatic rings. The molecule has 1 heteroatoms. The maximum absolute atomic E-state index is 8.64. The average Bonchev–Trinajstić information content (AvgIpc) is 2.83. The van der Waals surface area contributed by atoms with Crippen molar-refractivity contribution in [1.29, 1.82) is 0 Å². The van der Waals surface area contributed by atoms with Crippen LogP contribution in [0.15, 0.2) is 97.2 Å². The van der Waals surface area contributed by atoms with Gasteiger partial charge in [0.25, 0.3) is 0 Å². The predicted octanol–water partition coefficient (Wildman–Crippen LogP) is 9.91. The first kappa shape index (κ1) is 30.9. The third-order valence-electron chi connectivity index (χ3n) is 5.01. The van der Waals surface area contributed by atoms with Gasteiger partial charge >= 0.3 is 0 Å². The summed E-state index contributed by atoms with van der Waals surface area (Å²) < 4.78 is 0. The molecule has 1 nitrogen and oxygen atoms in total. The van der Waals surface area contributed by atoms with E-state index < -0.39 is 0 Å². The van der Waals surface area contributed by atoms with E-state index in [-0.39, 0.29) is 6.61 Å². The van der Waals surface area contributed by atoms with Crippen LogP contribution in [0.2, 0.25) is 0 Å². The van der Waals surface area contributed by atoms with E-state index >= 15 is 0 Å². The van der Waals surface area contributed by atoms with Crippen LogP contribution in [-0.4, -0.2) is 11.7 Å². The monoisotopic (exact) mass is 450 g/mol. The van der Waals surface area contributed by atoms with Gasteiger partial charge in [-0.25, -0.2) is 0 Å². The van der Waals surface area contributed by atoms with Gasteiger partial charge in [-0.1, -0.05) is 97.2 Å². The van der Waals surface area contributed by atoms with Crippen LogP contribution in [-0.2, 0) is 0 Å². The number of unbranched alkanes of at least 4 members (excludes halogenated alkanes) is 7. The summed E-state index contributed by atoms with van der Waals surface area (Å²) in [7, 11) is 0. The molecule has 0 fully saturated rings. The SMILES string of the molecule is CC=CCCC=CCCC=CCCC=CCCC=CCCC=CCCC=CCCC=CCO. The highest BCUT2D eigenvalue weighted by atomic mass is 16.2. The second-order valence-corrected chi connectivity index (χ2v) is 8.09. The molecule has 0 atom stereocenters. The van der Waals surface area contributed by atoms with Gasteiger partial charge in [0.15, 0.2) is 0 Å². The Morgan fingerprint density at radius 2 is 0.485 bits per heavy atom. The molecule has 0 saturated carbocycles. The highest BCUT2D eigenvalue weighted by Crippen LogP contribution is 2.03. The van der Waals surface area contributed by atoms with Crippen LogP contribution in [0.1, 0.15) is 96.8 Å². The van der Waals surface area contributed by atoms with Crippen molar-refractivity contribution in [3.05, 3.63) is 97.2 Å². The molecule has 0 aromatic rings. The molecule has 0 saturated heterocycles. The summed E-state index contributed by atoms with van der Waals surface area (Å²) in [6, 6.07) is 0. The van der Waals surface area contributed by atoms with Crippen LogP contribution in [0, 0.1) is 0 Å². The fourth-order valence-electron chi connectivity index (χ4n) is 3.12. The van der Waals surface area contributed by atoms with Crippen molar-refractivity contribution in [1.82, 2.24) is 0 Å². The molecule has 0 unspecified atom stereocenters. The molecule has 0 aromatic carbocycles. The Bertz CT molecular complexity index is 610. The van der Waals surface area contributed by atoms with Crippen LogP contribution in [0.25, 0.3) is 0 Å². The minimum absolute atomic E-state index is 0.149. The zero-order chi connectivity index (χ0) is 23.9. The fraction of sp³-hybridized carbons (Fsp3) is 0.500. The first-order chi connectivity index (χ1) is 16.4. The molecule has 0 rings (SSSR count). The van der Waals surface area contributed by atoms with Crippen LogP contribution in [0.4, 0.5) is 0 Å². The van der Waals surface area contributed by atoms with Crippen LogP contribution < -0.4 is 0 Å². The van der Waals surface area contributed by atoms with Crippen molar-refractivity contribution >= 4 is 0 Å². The van der Waals surface area contributed by atoms with E-state index in [1.165, 1.54) is 0 Å². The quantitative estimate of drug-likeness (QED) is 0.128. The van der Waals surface area contributed by atoms with E-state index in [0.717, 1.165) is 89.9 Å². The zero-order valence-corrected chi connectivity index (χ0v) is 21.3. The van der Waals surface area contributed by atoms with Crippen molar-refractivity contribution in [2.24, 2.45) is 0 Å². The van der Waals surface area contributed by atoms with Gasteiger partial charge in [-0.05, 0) is 96.8 Å². The van der Waals surface area contributed by atoms with Crippen molar-refractivity contribution < 1.29 is 5.11 Å². The van der Waals surface area contributed by atoms with E-state index in [2.05, 4.69) is 92.0 Å². The second kappa shape index (κ2) is 29.9. The van der Waals surface area contributed by atoms with Gasteiger partial charge in [0, 0.05) is 0 Å². The molecular formula is C32H50O. The standard InChI is InChI=1S/C32H50O/c1-2-3-4-5-6-7-8-9-10-11-12-13-14-15-16-17-18-19-20-21-22-23-24-25-26-27-28-29-30-31-32-33/h2-3,6-7,10-11,14-15,18-19,22-23,26-27,30-31,33H,4-5,8-9,12-13,16-17,20-21,24-25,28-29,32H2,1H3. The number of aliphatic hydroxyl groups excluding tert-OH is 1. The average molecular weight is 451 g/mol. The van der Waals surface area contributed by atoms with E-state index in [0.29, 0.717) is 0 Å². The molecule has 0 bridgehead atoms. The summed E-state index contributed by atoms with van der Waals surface area (Å²) in [5.41, 5.74) is 0. The van der Waals surface area contributed by atoms with Gasteiger partial charge in [0.2, 0.25) is 0 Å². The molecule has 0 aromatic heterocycles.